The zero-order chi connectivity index (χ0) is 18.7. The second-order valence-electron chi connectivity index (χ2n) is 7.76. The highest BCUT2D eigenvalue weighted by atomic mass is 16.6. The summed E-state index contributed by atoms with van der Waals surface area (Å²) in [5.41, 5.74) is -0.471. The van der Waals surface area contributed by atoms with Crippen molar-refractivity contribution in [3.63, 3.8) is 0 Å². The average Bonchev–Trinajstić information content (AvgIpc) is 2.51. The quantitative estimate of drug-likeness (QED) is 0.369. The molecule has 0 spiro atoms. The fraction of sp³-hybridized carbons (Fsp3) is 0.889. The van der Waals surface area contributed by atoms with Crippen LogP contribution in [0.25, 0.3) is 0 Å². The molecular formula is C18H37N5O2. The summed E-state index contributed by atoms with van der Waals surface area (Å²) in [7, 11) is 1.75. The number of alkyl carbamates (subject to hydrolysis) is 1. The van der Waals surface area contributed by atoms with Crippen molar-refractivity contribution in [1.29, 1.82) is 0 Å². The zero-order valence-electron chi connectivity index (χ0n) is 16.7. The van der Waals surface area contributed by atoms with E-state index in [0.29, 0.717) is 13.1 Å². The number of hydrogen-bond acceptors (Lipinski definition) is 4. The van der Waals surface area contributed by atoms with Crippen molar-refractivity contribution in [2.75, 3.05) is 46.3 Å². The first kappa shape index (κ1) is 21.5. The normalized spacial score (nSPS) is 19.4. The first-order chi connectivity index (χ1) is 11.8. The van der Waals surface area contributed by atoms with E-state index < -0.39 is 11.7 Å². The van der Waals surface area contributed by atoms with Crippen molar-refractivity contribution >= 4 is 12.1 Å². The predicted octanol–water partition coefficient (Wildman–Crippen LogP) is 1.80. The molecule has 1 fully saturated rings. The lowest BCUT2D eigenvalue weighted by Crippen LogP contribution is -2.43. The molecule has 0 saturated carbocycles. The first-order valence-corrected chi connectivity index (χ1v) is 9.44. The van der Waals surface area contributed by atoms with Gasteiger partial charge in [-0.2, -0.15) is 0 Å². The molecule has 1 unspecified atom stereocenters. The van der Waals surface area contributed by atoms with E-state index in [1.807, 2.05) is 20.8 Å². The lowest BCUT2D eigenvalue weighted by Gasteiger charge is -2.30. The van der Waals surface area contributed by atoms with Gasteiger partial charge in [-0.15, -0.1) is 0 Å². The standard InChI is InChI=1S/C18H37N5O2/c1-15-8-6-12-23(14-15)13-7-9-20-16(19-5)21-10-11-22-17(24)25-18(2,3)4/h15H,6-14H2,1-5H3,(H,22,24)(H2,19,20,21). The minimum absolute atomic E-state index is 0.395. The lowest BCUT2D eigenvalue weighted by molar-refractivity contribution is 0.0529. The van der Waals surface area contributed by atoms with E-state index >= 15 is 0 Å². The molecule has 25 heavy (non-hydrogen) atoms. The second kappa shape index (κ2) is 11.2. The number of ether oxygens (including phenoxy) is 1. The minimum Gasteiger partial charge on any atom is -0.444 e. The van der Waals surface area contributed by atoms with Crippen LogP contribution in [0.1, 0.15) is 47.0 Å². The third-order valence-electron chi connectivity index (χ3n) is 3.99. The molecule has 0 aromatic heterocycles. The maximum absolute atomic E-state index is 11.5. The van der Waals surface area contributed by atoms with Gasteiger partial charge >= 0.3 is 6.09 Å². The Kier molecular flexibility index (Phi) is 9.63. The molecular weight excluding hydrogens is 318 g/mol. The highest BCUT2D eigenvalue weighted by molar-refractivity contribution is 5.79. The van der Waals surface area contributed by atoms with E-state index in [1.54, 1.807) is 7.05 Å². The number of carbonyl (C=O) groups is 1. The van der Waals surface area contributed by atoms with Gasteiger partial charge in [0.2, 0.25) is 0 Å². The maximum atomic E-state index is 11.5. The van der Waals surface area contributed by atoms with Gasteiger partial charge in [0.25, 0.3) is 0 Å². The second-order valence-corrected chi connectivity index (χ2v) is 7.76. The van der Waals surface area contributed by atoms with Crippen molar-refractivity contribution < 1.29 is 9.53 Å². The van der Waals surface area contributed by atoms with Crippen LogP contribution in [0.5, 0.6) is 0 Å². The Hall–Kier alpha value is -1.50. The van der Waals surface area contributed by atoms with Gasteiger partial charge in [0, 0.05) is 33.2 Å². The minimum atomic E-state index is -0.471. The molecule has 1 rings (SSSR count). The number of carbonyl (C=O) groups excluding carboxylic acids is 1. The molecule has 0 aliphatic carbocycles. The van der Waals surface area contributed by atoms with Crippen LogP contribution >= 0.6 is 0 Å². The molecule has 3 N–H and O–H groups in total. The molecule has 1 heterocycles. The summed E-state index contributed by atoms with van der Waals surface area (Å²) < 4.78 is 5.19. The van der Waals surface area contributed by atoms with Crippen LogP contribution in [0.4, 0.5) is 4.79 Å². The summed E-state index contributed by atoms with van der Waals surface area (Å²) in [6.07, 6.45) is 3.39. The Morgan fingerprint density at radius 2 is 1.88 bits per heavy atom. The molecule has 1 amide bonds. The number of amides is 1. The van der Waals surface area contributed by atoms with E-state index in [1.165, 1.54) is 25.9 Å². The number of aliphatic imine (C=N–C) groups is 1. The van der Waals surface area contributed by atoms with Crippen LogP contribution in [-0.4, -0.2) is 68.9 Å². The van der Waals surface area contributed by atoms with Gasteiger partial charge in [-0.25, -0.2) is 4.79 Å². The fourth-order valence-electron chi connectivity index (χ4n) is 2.88. The van der Waals surface area contributed by atoms with Gasteiger partial charge in [-0.3, -0.25) is 4.99 Å². The van der Waals surface area contributed by atoms with E-state index in [0.717, 1.165) is 31.4 Å². The Morgan fingerprint density at radius 1 is 1.20 bits per heavy atom. The SMILES string of the molecule is CN=C(NCCCN1CCCC(C)C1)NCCNC(=O)OC(C)(C)C. The molecule has 0 bridgehead atoms. The average molecular weight is 356 g/mol. The number of likely N-dealkylation sites (tertiary alicyclic amines) is 1. The van der Waals surface area contributed by atoms with Crippen molar-refractivity contribution in [2.24, 2.45) is 10.9 Å². The van der Waals surface area contributed by atoms with Gasteiger partial charge in [0.15, 0.2) is 5.96 Å². The van der Waals surface area contributed by atoms with Crippen LogP contribution < -0.4 is 16.0 Å². The number of hydrogen-bond donors (Lipinski definition) is 3. The van der Waals surface area contributed by atoms with Crippen molar-refractivity contribution in [2.45, 2.75) is 52.6 Å². The molecule has 1 saturated heterocycles. The van der Waals surface area contributed by atoms with Gasteiger partial charge in [0.05, 0.1) is 0 Å². The van der Waals surface area contributed by atoms with Crippen LogP contribution in [0, 0.1) is 5.92 Å². The Bertz CT molecular complexity index is 420. The number of rotatable bonds is 7. The maximum Gasteiger partial charge on any atom is 0.407 e. The molecule has 146 valence electrons. The Labute approximate surface area is 153 Å². The molecule has 1 aliphatic heterocycles. The topological polar surface area (TPSA) is 78.0 Å². The predicted molar refractivity (Wildman–Crippen MR) is 103 cm³/mol. The Balaban J connectivity index is 2.07. The third-order valence-corrected chi connectivity index (χ3v) is 3.99. The summed E-state index contributed by atoms with van der Waals surface area (Å²) in [4.78, 5) is 18.3. The van der Waals surface area contributed by atoms with Crippen molar-refractivity contribution in [3.05, 3.63) is 0 Å². The van der Waals surface area contributed by atoms with Crippen molar-refractivity contribution in [1.82, 2.24) is 20.9 Å². The monoisotopic (exact) mass is 355 g/mol. The van der Waals surface area contributed by atoms with Crippen LogP contribution in [-0.2, 0) is 4.74 Å². The van der Waals surface area contributed by atoms with Gasteiger partial charge in [-0.05, 0) is 59.0 Å². The number of piperidine rings is 1. The number of nitrogens with zero attached hydrogens (tertiary/aromatic N) is 2. The van der Waals surface area contributed by atoms with E-state index in [2.05, 4.69) is 32.8 Å². The molecule has 0 aromatic rings. The molecule has 0 radical (unpaired) electrons. The summed E-state index contributed by atoms with van der Waals surface area (Å²) in [5.74, 6) is 1.59. The molecule has 7 nitrogen and oxygen atoms in total. The summed E-state index contributed by atoms with van der Waals surface area (Å²) in [6.45, 7) is 13.4. The molecule has 7 heteroatoms. The molecule has 0 aromatic carbocycles. The van der Waals surface area contributed by atoms with Crippen molar-refractivity contribution in [3.8, 4) is 0 Å². The van der Waals surface area contributed by atoms with E-state index in [4.69, 9.17) is 4.74 Å². The van der Waals surface area contributed by atoms with Gasteiger partial charge in [0.1, 0.15) is 5.60 Å². The summed E-state index contributed by atoms with van der Waals surface area (Å²) in [5, 5.41) is 9.22. The smallest absolute Gasteiger partial charge is 0.407 e. The van der Waals surface area contributed by atoms with Crippen LogP contribution in [0.15, 0.2) is 4.99 Å². The zero-order valence-corrected chi connectivity index (χ0v) is 16.7. The fourth-order valence-corrected chi connectivity index (χ4v) is 2.88. The van der Waals surface area contributed by atoms with Gasteiger partial charge in [-0.1, -0.05) is 6.92 Å². The highest BCUT2D eigenvalue weighted by Crippen LogP contribution is 2.15. The third kappa shape index (κ3) is 10.9. The van der Waals surface area contributed by atoms with Crippen LogP contribution in [0.3, 0.4) is 0 Å². The Morgan fingerprint density at radius 3 is 2.52 bits per heavy atom. The van der Waals surface area contributed by atoms with Gasteiger partial charge < -0.3 is 25.6 Å². The highest BCUT2D eigenvalue weighted by Gasteiger charge is 2.16. The van der Waals surface area contributed by atoms with E-state index in [9.17, 15) is 4.79 Å². The molecule has 1 atom stereocenters. The first-order valence-electron chi connectivity index (χ1n) is 9.44. The summed E-state index contributed by atoms with van der Waals surface area (Å²) >= 11 is 0. The number of guanidine groups is 1. The molecule has 1 aliphatic rings. The lowest BCUT2D eigenvalue weighted by atomic mass is 10.0. The van der Waals surface area contributed by atoms with Crippen LogP contribution in [0.2, 0.25) is 0 Å². The number of nitrogens with one attached hydrogen (secondary N) is 3. The summed E-state index contributed by atoms with van der Waals surface area (Å²) in [6, 6.07) is 0. The van der Waals surface area contributed by atoms with E-state index in [-0.39, 0.29) is 0 Å². The largest absolute Gasteiger partial charge is 0.444 e.